The molecule has 1 aromatic carbocycles. The summed E-state index contributed by atoms with van der Waals surface area (Å²) in [4.78, 5) is 0. The van der Waals surface area contributed by atoms with Gasteiger partial charge in [0.2, 0.25) is 0 Å². The number of nitrogens with one attached hydrogen (secondary N) is 1. The average Bonchev–Trinajstić information content (AvgIpc) is 2.85. The summed E-state index contributed by atoms with van der Waals surface area (Å²) >= 11 is 0. The molecule has 0 saturated carbocycles. The van der Waals surface area contributed by atoms with Gasteiger partial charge in [-0.2, -0.15) is 5.10 Å². The lowest BCUT2D eigenvalue weighted by Gasteiger charge is -2.06. The van der Waals surface area contributed by atoms with E-state index in [2.05, 4.69) is 15.6 Å². The van der Waals surface area contributed by atoms with E-state index in [1.54, 1.807) is 23.0 Å². The van der Waals surface area contributed by atoms with Crippen LogP contribution in [0.5, 0.6) is 0 Å². The number of rotatable bonds is 5. The highest BCUT2D eigenvalue weighted by Crippen LogP contribution is 2.10. The Hall–Kier alpha value is -2.41. The minimum atomic E-state index is -0.396. The molecule has 1 heterocycles. The Morgan fingerprint density at radius 3 is 2.90 bits per heavy atom. The van der Waals surface area contributed by atoms with Gasteiger partial charge in [0.1, 0.15) is 5.82 Å². The number of benzene rings is 1. The van der Waals surface area contributed by atoms with Crippen LogP contribution in [0.2, 0.25) is 0 Å². The van der Waals surface area contributed by atoms with Gasteiger partial charge in [-0.3, -0.25) is 4.68 Å². The molecule has 0 aliphatic heterocycles. The number of amidine groups is 1. The maximum absolute atomic E-state index is 13.8. The molecule has 0 saturated heterocycles. The summed E-state index contributed by atoms with van der Waals surface area (Å²) in [7, 11) is 1.84. The van der Waals surface area contributed by atoms with E-state index >= 15 is 0 Å². The van der Waals surface area contributed by atoms with Crippen molar-refractivity contribution in [1.82, 2.24) is 15.1 Å². The third-order valence-corrected chi connectivity index (χ3v) is 2.86. The molecule has 0 aliphatic rings. The Kier molecular flexibility index (Phi) is 4.31. The van der Waals surface area contributed by atoms with Crippen molar-refractivity contribution >= 4 is 5.84 Å². The molecule has 0 bridgehead atoms. The maximum atomic E-state index is 13.8. The van der Waals surface area contributed by atoms with Gasteiger partial charge in [0.25, 0.3) is 0 Å². The Bertz CT molecular complexity index is 623. The first-order chi connectivity index (χ1) is 9.60. The van der Waals surface area contributed by atoms with E-state index in [1.165, 1.54) is 6.07 Å². The lowest BCUT2D eigenvalue weighted by atomic mass is 10.1. The molecular formula is C13H16FN5O. The van der Waals surface area contributed by atoms with Crippen molar-refractivity contribution in [1.29, 1.82) is 0 Å². The summed E-state index contributed by atoms with van der Waals surface area (Å²) in [6, 6.07) is 4.47. The summed E-state index contributed by atoms with van der Waals surface area (Å²) in [6.07, 6.45) is 3.65. The highest BCUT2D eigenvalue weighted by molar-refractivity contribution is 5.97. The molecule has 0 aliphatic carbocycles. The van der Waals surface area contributed by atoms with E-state index in [1.807, 2.05) is 13.2 Å². The third-order valence-electron chi connectivity index (χ3n) is 2.86. The average molecular weight is 277 g/mol. The molecule has 7 heteroatoms. The normalized spacial score (nSPS) is 11.8. The molecule has 2 aromatic rings. The molecular weight excluding hydrogens is 261 g/mol. The fourth-order valence-corrected chi connectivity index (χ4v) is 1.81. The van der Waals surface area contributed by atoms with Crippen molar-refractivity contribution in [3.63, 3.8) is 0 Å². The number of aromatic nitrogens is 2. The second kappa shape index (κ2) is 6.16. The molecule has 20 heavy (non-hydrogen) atoms. The Labute approximate surface area is 115 Å². The summed E-state index contributed by atoms with van der Waals surface area (Å²) < 4.78 is 15.5. The van der Waals surface area contributed by atoms with Gasteiger partial charge in [-0.05, 0) is 6.07 Å². The first-order valence-electron chi connectivity index (χ1n) is 6.04. The number of aryl methyl sites for hydroxylation is 1. The molecule has 106 valence electrons. The van der Waals surface area contributed by atoms with Gasteiger partial charge in [-0.15, -0.1) is 0 Å². The molecule has 0 fully saturated rings. The number of oxime groups is 1. The first-order valence-corrected chi connectivity index (χ1v) is 6.04. The van der Waals surface area contributed by atoms with E-state index in [9.17, 15) is 4.39 Å². The van der Waals surface area contributed by atoms with Crippen molar-refractivity contribution in [2.24, 2.45) is 17.9 Å². The minimum Gasteiger partial charge on any atom is -0.409 e. The zero-order valence-corrected chi connectivity index (χ0v) is 11.0. The number of nitrogens with two attached hydrogens (primary N) is 1. The van der Waals surface area contributed by atoms with Crippen molar-refractivity contribution in [3.8, 4) is 0 Å². The zero-order chi connectivity index (χ0) is 14.5. The second-order valence-electron chi connectivity index (χ2n) is 4.42. The molecule has 0 unspecified atom stereocenters. The first kappa shape index (κ1) is 14.0. The van der Waals surface area contributed by atoms with E-state index in [0.717, 1.165) is 5.56 Å². The van der Waals surface area contributed by atoms with E-state index < -0.39 is 5.82 Å². The molecule has 0 amide bonds. The molecule has 4 N–H and O–H groups in total. The van der Waals surface area contributed by atoms with Crippen LogP contribution in [0, 0.1) is 5.82 Å². The van der Waals surface area contributed by atoms with Crippen LogP contribution in [0.15, 0.2) is 35.7 Å². The number of hydrogen-bond donors (Lipinski definition) is 3. The van der Waals surface area contributed by atoms with Gasteiger partial charge in [0, 0.05) is 43.0 Å². The van der Waals surface area contributed by atoms with Gasteiger partial charge in [0.15, 0.2) is 5.84 Å². The standard InChI is InChI=1S/C13H16FN5O/c1-19-8-9(6-17-19)5-16-7-11-3-2-10(4-12(11)14)13(15)18-20/h2-4,6,8,16,20H,5,7H2,1H3,(H2,15,18). The highest BCUT2D eigenvalue weighted by Gasteiger charge is 2.06. The second-order valence-corrected chi connectivity index (χ2v) is 4.42. The van der Waals surface area contributed by atoms with Crippen LogP contribution < -0.4 is 11.1 Å². The van der Waals surface area contributed by atoms with Crippen LogP contribution in [0.1, 0.15) is 16.7 Å². The fraction of sp³-hybridized carbons (Fsp3) is 0.231. The maximum Gasteiger partial charge on any atom is 0.170 e. The van der Waals surface area contributed by atoms with Crippen LogP contribution in [0.25, 0.3) is 0 Å². The van der Waals surface area contributed by atoms with Gasteiger partial charge >= 0.3 is 0 Å². The third kappa shape index (κ3) is 3.33. The van der Waals surface area contributed by atoms with Gasteiger partial charge in [-0.25, -0.2) is 4.39 Å². The van der Waals surface area contributed by atoms with Gasteiger partial charge in [0.05, 0.1) is 6.20 Å². The number of hydrogen-bond acceptors (Lipinski definition) is 4. The van der Waals surface area contributed by atoms with Crippen LogP contribution >= 0.6 is 0 Å². The zero-order valence-electron chi connectivity index (χ0n) is 11.0. The number of nitrogens with zero attached hydrogens (tertiary/aromatic N) is 3. The lowest BCUT2D eigenvalue weighted by Crippen LogP contribution is -2.16. The molecule has 0 radical (unpaired) electrons. The highest BCUT2D eigenvalue weighted by atomic mass is 19.1. The topological polar surface area (TPSA) is 88.5 Å². The van der Waals surface area contributed by atoms with E-state index in [0.29, 0.717) is 24.2 Å². The number of halogens is 1. The fourth-order valence-electron chi connectivity index (χ4n) is 1.81. The molecule has 2 rings (SSSR count). The monoisotopic (exact) mass is 277 g/mol. The lowest BCUT2D eigenvalue weighted by molar-refractivity contribution is 0.318. The van der Waals surface area contributed by atoms with Crippen molar-refractivity contribution in [3.05, 3.63) is 53.1 Å². The smallest absolute Gasteiger partial charge is 0.170 e. The quantitative estimate of drug-likeness (QED) is 0.328. The van der Waals surface area contributed by atoms with Crippen LogP contribution in [-0.2, 0) is 20.1 Å². The van der Waals surface area contributed by atoms with Crippen molar-refractivity contribution in [2.75, 3.05) is 0 Å². The summed E-state index contributed by atoms with van der Waals surface area (Å²) in [5.74, 6) is -0.508. The molecule has 6 nitrogen and oxygen atoms in total. The van der Waals surface area contributed by atoms with Gasteiger partial charge < -0.3 is 16.3 Å². The minimum absolute atomic E-state index is 0.112. The Morgan fingerprint density at radius 1 is 1.50 bits per heavy atom. The SMILES string of the molecule is Cn1cc(CNCc2ccc(C(N)=NO)cc2F)cn1. The molecule has 0 atom stereocenters. The van der Waals surface area contributed by atoms with E-state index in [4.69, 9.17) is 10.9 Å². The largest absolute Gasteiger partial charge is 0.409 e. The summed E-state index contributed by atoms with van der Waals surface area (Å²) in [5.41, 5.74) is 7.29. The van der Waals surface area contributed by atoms with Crippen molar-refractivity contribution < 1.29 is 9.60 Å². The molecule has 0 spiro atoms. The summed E-state index contributed by atoms with van der Waals surface area (Å²) in [6.45, 7) is 0.993. The van der Waals surface area contributed by atoms with Gasteiger partial charge in [-0.1, -0.05) is 17.3 Å². The summed E-state index contributed by atoms with van der Waals surface area (Å²) in [5, 5.41) is 18.6. The molecule has 1 aromatic heterocycles. The predicted octanol–water partition coefficient (Wildman–Crippen LogP) is 0.943. The predicted molar refractivity (Wildman–Crippen MR) is 72.7 cm³/mol. The Balaban J connectivity index is 1.96. The van der Waals surface area contributed by atoms with Crippen LogP contribution in [0.3, 0.4) is 0 Å². The van der Waals surface area contributed by atoms with E-state index in [-0.39, 0.29) is 5.84 Å². The Morgan fingerprint density at radius 2 is 2.30 bits per heavy atom. The van der Waals surface area contributed by atoms with Crippen molar-refractivity contribution in [2.45, 2.75) is 13.1 Å². The van der Waals surface area contributed by atoms with Crippen LogP contribution in [-0.4, -0.2) is 20.8 Å². The van der Waals surface area contributed by atoms with Crippen LogP contribution in [0.4, 0.5) is 4.39 Å².